The van der Waals surface area contributed by atoms with E-state index in [4.69, 9.17) is 16.4 Å². The van der Waals surface area contributed by atoms with Crippen molar-refractivity contribution in [3.63, 3.8) is 0 Å². The van der Waals surface area contributed by atoms with Gasteiger partial charge in [0.05, 0.1) is 16.4 Å². The van der Waals surface area contributed by atoms with E-state index < -0.39 is 54.4 Å². The van der Waals surface area contributed by atoms with E-state index in [0.717, 1.165) is 5.39 Å². The van der Waals surface area contributed by atoms with Crippen LogP contribution in [0.25, 0.3) is 54.6 Å². The van der Waals surface area contributed by atoms with E-state index in [0.29, 0.717) is 31.8 Å². The van der Waals surface area contributed by atoms with E-state index in [-0.39, 0.29) is 40.0 Å². The average Bonchev–Trinajstić information content (AvgIpc) is 3.00. The largest absolute Gasteiger partial charge is 0.0636 e. The molecule has 31 heavy (non-hydrogen) atoms. The van der Waals surface area contributed by atoms with Gasteiger partial charge in [-0.2, -0.15) is 0 Å². The maximum atomic E-state index is 8.98. The minimum atomic E-state index is -0.553. The van der Waals surface area contributed by atoms with E-state index in [1.807, 2.05) is 12.1 Å². The first kappa shape index (κ1) is 9.80. The van der Waals surface area contributed by atoms with Crippen LogP contribution in [0, 0.1) is 0 Å². The molecule has 0 fully saturated rings. The summed E-state index contributed by atoms with van der Waals surface area (Å²) in [5, 5.41) is 2.05. The Morgan fingerprint density at radius 2 is 1.26 bits per heavy atom. The van der Waals surface area contributed by atoms with Crippen molar-refractivity contribution in [3.05, 3.63) is 119 Å². The van der Waals surface area contributed by atoms with Gasteiger partial charge in [-0.1, -0.05) is 103 Å². The van der Waals surface area contributed by atoms with Crippen LogP contribution in [0.3, 0.4) is 0 Å². The van der Waals surface area contributed by atoms with E-state index in [1.165, 1.54) is 0 Å². The Bertz CT molecular complexity index is 2200. The van der Waals surface area contributed by atoms with Crippen LogP contribution >= 0.6 is 15.9 Å². The number of halogens is 1. The van der Waals surface area contributed by atoms with Gasteiger partial charge in [-0.3, -0.25) is 0 Å². The Balaban J connectivity index is 1.81. The van der Waals surface area contributed by atoms with Gasteiger partial charge in [-0.15, -0.1) is 0 Å². The van der Waals surface area contributed by atoms with Crippen molar-refractivity contribution in [2.75, 3.05) is 0 Å². The quantitative estimate of drug-likeness (QED) is 0.221. The summed E-state index contributed by atoms with van der Waals surface area (Å²) in [7, 11) is 0. The maximum Gasteiger partial charge on any atom is 0.0636 e. The molecule has 0 aromatic heterocycles. The highest BCUT2D eigenvalue weighted by Gasteiger charge is 2.14. The summed E-state index contributed by atoms with van der Waals surface area (Å²) >= 11 is 3.67. The lowest BCUT2D eigenvalue weighted by atomic mass is 9.90. The lowest BCUT2D eigenvalue weighted by Crippen LogP contribution is -1.89. The lowest BCUT2D eigenvalue weighted by Gasteiger charge is -2.16. The average molecular weight is 471 g/mol. The Kier molecular flexibility index (Phi) is 2.33. The van der Waals surface area contributed by atoms with Crippen molar-refractivity contribution in [1.82, 2.24) is 0 Å². The lowest BCUT2D eigenvalue weighted by molar-refractivity contribution is 1.65. The van der Waals surface area contributed by atoms with Crippen LogP contribution in [0.2, 0.25) is 0 Å². The molecule has 0 atom stereocenters. The van der Waals surface area contributed by atoms with Crippen molar-refractivity contribution in [2.45, 2.75) is 0 Å². The van der Waals surface area contributed by atoms with Gasteiger partial charge >= 0.3 is 0 Å². The molecular weight excluding hydrogens is 440 g/mol. The first-order chi connectivity index (χ1) is 20.3. The van der Waals surface area contributed by atoms with Crippen LogP contribution in [0.4, 0.5) is 0 Å². The summed E-state index contributed by atoms with van der Waals surface area (Å²) < 4.78 is 102. The Labute approximate surface area is 206 Å². The first-order valence-electron chi connectivity index (χ1n) is 15.5. The third-order valence-electron chi connectivity index (χ3n) is 5.25. The molecular formula is C30H19Br. The molecule has 0 amide bonds. The molecule has 0 aliphatic rings. The second-order valence-corrected chi connectivity index (χ2v) is 7.79. The number of benzene rings is 6. The molecule has 0 unspecified atom stereocenters. The molecule has 0 radical (unpaired) electrons. The number of hydrogen-bond acceptors (Lipinski definition) is 0. The van der Waals surface area contributed by atoms with Crippen LogP contribution < -0.4 is 0 Å². The van der Waals surface area contributed by atoms with Crippen LogP contribution in [0.1, 0.15) is 16.4 Å². The van der Waals surface area contributed by atoms with E-state index in [9.17, 15) is 0 Å². The fourth-order valence-corrected chi connectivity index (χ4v) is 4.54. The van der Waals surface area contributed by atoms with Gasteiger partial charge in [0.1, 0.15) is 0 Å². The summed E-state index contributed by atoms with van der Waals surface area (Å²) in [4.78, 5) is 0. The maximum absolute atomic E-state index is 8.98. The normalized spacial score (nSPS) is 16.8. The van der Waals surface area contributed by atoms with E-state index in [2.05, 4.69) is 15.9 Å². The van der Waals surface area contributed by atoms with Gasteiger partial charge < -0.3 is 0 Å². The molecule has 0 N–H and O–H groups in total. The van der Waals surface area contributed by atoms with Crippen molar-refractivity contribution >= 4 is 48.2 Å². The van der Waals surface area contributed by atoms with Gasteiger partial charge in [0, 0.05) is 4.47 Å². The molecule has 0 saturated heterocycles. The molecule has 0 saturated carbocycles. The first-order valence-corrected chi connectivity index (χ1v) is 10.3. The third-order valence-corrected chi connectivity index (χ3v) is 6.10. The summed E-state index contributed by atoms with van der Waals surface area (Å²) in [5.41, 5.74) is 0.615. The minimum Gasteiger partial charge on any atom is -0.0622 e. The molecule has 6 aromatic rings. The monoisotopic (exact) mass is 470 g/mol. The minimum absolute atomic E-state index is 0.0112. The molecule has 0 bridgehead atoms. The van der Waals surface area contributed by atoms with Crippen LogP contribution in [-0.2, 0) is 0 Å². The summed E-state index contributed by atoms with van der Waals surface area (Å²) in [5.74, 6) is 0. The molecule has 0 aliphatic carbocycles. The predicted molar refractivity (Wildman–Crippen MR) is 138 cm³/mol. The van der Waals surface area contributed by atoms with E-state index in [1.54, 1.807) is 30.3 Å². The van der Waals surface area contributed by atoms with Crippen molar-refractivity contribution in [3.8, 4) is 22.3 Å². The SMILES string of the molecule is [2H]c1c([2H])c([2H])c(-c2c3ccccc3c(Br)c3ccc(-c4c([2H])c([2H])c5c([2H])c([2H])c([2H])c([2H])c5c4[2H])cc23)c([2H])c1[2H]. The summed E-state index contributed by atoms with van der Waals surface area (Å²) in [6.07, 6.45) is 0. The van der Waals surface area contributed by atoms with Crippen molar-refractivity contribution in [1.29, 1.82) is 0 Å². The van der Waals surface area contributed by atoms with Gasteiger partial charge in [0.25, 0.3) is 0 Å². The molecule has 0 aliphatic heterocycles. The molecule has 6 rings (SSSR count). The fraction of sp³-hybridized carbons (Fsp3) is 0. The molecule has 146 valence electrons. The Hall–Kier alpha value is -3.42. The Morgan fingerprint density at radius 3 is 2.10 bits per heavy atom. The van der Waals surface area contributed by atoms with Crippen LogP contribution in [0.5, 0.6) is 0 Å². The predicted octanol–water partition coefficient (Wildman–Crippen LogP) is 9.24. The van der Waals surface area contributed by atoms with Gasteiger partial charge in [0.2, 0.25) is 0 Å². The second-order valence-electron chi connectivity index (χ2n) is 6.99. The highest BCUT2D eigenvalue weighted by molar-refractivity contribution is 9.10. The second kappa shape index (κ2) is 7.37. The highest BCUT2D eigenvalue weighted by atomic mass is 79.9. The number of fused-ring (bicyclic) bond motifs is 3. The highest BCUT2D eigenvalue weighted by Crippen LogP contribution is 2.43. The number of rotatable bonds is 2. The van der Waals surface area contributed by atoms with Crippen molar-refractivity contribution in [2.24, 2.45) is 0 Å². The third kappa shape index (κ3) is 3.05. The van der Waals surface area contributed by atoms with Gasteiger partial charge in [-0.05, 0) is 82.6 Å². The van der Waals surface area contributed by atoms with Crippen LogP contribution in [-0.4, -0.2) is 0 Å². The van der Waals surface area contributed by atoms with Gasteiger partial charge in [0.15, 0.2) is 0 Å². The van der Waals surface area contributed by atoms with Crippen molar-refractivity contribution < 1.29 is 16.4 Å². The molecule has 0 spiro atoms. The molecule has 1 heteroatoms. The topological polar surface area (TPSA) is 0 Å². The summed E-state index contributed by atoms with van der Waals surface area (Å²) in [6, 6.07) is 6.67. The molecule has 6 aromatic carbocycles. The van der Waals surface area contributed by atoms with E-state index >= 15 is 0 Å². The standard InChI is InChI=1S/C30H19Br/c31-30-26-13-7-6-12-25(26)29(21-9-2-1-3-10-21)28-19-24(16-17-27(28)30)23-15-14-20-8-4-5-11-22(20)18-23/h1-19H/i1D,2D,3D,4D,5D,8D,9D,10D,11D,14D,15D,18D. The van der Waals surface area contributed by atoms with Crippen LogP contribution in [0.15, 0.2) is 119 Å². The fourth-order valence-electron chi connectivity index (χ4n) is 3.85. The molecule has 0 nitrogen and oxygen atoms in total. The number of hydrogen-bond donors (Lipinski definition) is 0. The summed E-state index contributed by atoms with van der Waals surface area (Å²) in [6.45, 7) is 0. The zero-order valence-electron chi connectivity index (χ0n) is 27.9. The smallest absolute Gasteiger partial charge is 0.0622 e. The molecule has 0 heterocycles. The zero-order chi connectivity index (χ0) is 31.2. The van der Waals surface area contributed by atoms with Gasteiger partial charge in [-0.25, -0.2) is 0 Å². The zero-order valence-corrected chi connectivity index (χ0v) is 17.5. The Morgan fingerprint density at radius 1 is 0.548 bits per heavy atom.